The molecule has 0 atom stereocenters. The van der Waals surface area contributed by atoms with Gasteiger partial charge in [-0.2, -0.15) is 0 Å². The molecule has 0 aliphatic carbocycles. The lowest BCUT2D eigenvalue weighted by Crippen LogP contribution is -2.21. The molecule has 0 radical (unpaired) electrons. The Bertz CT molecular complexity index is 557. The molecule has 0 aliphatic rings. The van der Waals surface area contributed by atoms with Gasteiger partial charge in [0, 0.05) is 34.2 Å². The molecule has 2 nitrogen and oxygen atoms in total. The van der Waals surface area contributed by atoms with E-state index in [4.69, 9.17) is 0 Å². The lowest BCUT2D eigenvalue weighted by molar-refractivity contribution is 0.516. The van der Waals surface area contributed by atoms with E-state index in [1.165, 1.54) is 33.9 Å². The zero-order chi connectivity index (χ0) is 14.5. The molecule has 1 aromatic carbocycles. The highest BCUT2D eigenvalue weighted by molar-refractivity contribution is 9.10. The van der Waals surface area contributed by atoms with Crippen LogP contribution < -0.4 is 5.32 Å². The Morgan fingerprint density at radius 2 is 1.95 bits per heavy atom. The van der Waals surface area contributed by atoms with Crippen molar-refractivity contribution in [2.24, 2.45) is 5.92 Å². The summed E-state index contributed by atoms with van der Waals surface area (Å²) in [5, 5.41) is 4.86. The number of hydrogen-bond donors (Lipinski definition) is 1. The normalized spacial score (nSPS) is 11.7. The molecule has 20 heavy (non-hydrogen) atoms. The molecule has 110 valence electrons. The van der Waals surface area contributed by atoms with Crippen molar-refractivity contribution in [3.63, 3.8) is 0 Å². The van der Waals surface area contributed by atoms with Gasteiger partial charge in [-0.3, -0.25) is 0 Å². The van der Waals surface area contributed by atoms with Crippen LogP contribution in [0, 0.1) is 12.8 Å². The highest BCUT2D eigenvalue weighted by atomic mass is 79.9. The summed E-state index contributed by atoms with van der Waals surface area (Å²) in [6.07, 6.45) is 2.58. The first kappa shape index (κ1) is 15.6. The average molecular weight is 337 g/mol. The van der Waals surface area contributed by atoms with Crippen molar-refractivity contribution in [3.05, 3.63) is 34.4 Å². The van der Waals surface area contributed by atoms with E-state index in [-0.39, 0.29) is 0 Å². The second-order valence-corrected chi connectivity index (χ2v) is 6.65. The van der Waals surface area contributed by atoms with Gasteiger partial charge in [-0.05, 0) is 54.2 Å². The van der Waals surface area contributed by atoms with Gasteiger partial charge in [0.05, 0.1) is 0 Å². The van der Waals surface area contributed by atoms with Crippen LogP contribution in [0.1, 0.15) is 32.4 Å². The molecule has 1 heterocycles. The van der Waals surface area contributed by atoms with Crippen LogP contribution in [0.4, 0.5) is 0 Å². The molecule has 2 aromatic rings. The van der Waals surface area contributed by atoms with Crippen LogP contribution in [0.2, 0.25) is 0 Å². The van der Waals surface area contributed by atoms with Crippen molar-refractivity contribution in [3.8, 4) is 0 Å². The largest absolute Gasteiger partial charge is 0.342 e. The average Bonchev–Trinajstić information content (AvgIpc) is 2.67. The molecule has 0 saturated carbocycles. The molecule has 1 aromatic heterocycles. The Balaban J connectivity index is 1.92. The van der Waals surface area contributed by atoms with Crippen molar-refractivity contribution in [1.82, 2.24) is 9.88 Å². The van der Waals surface area contributed by atoms with E-state index < -0.39 is 0 Å². The second kappa shape index (κ2) is 7.28. The summed E-state index contributed by atoms with van der Waals surface area (Å²) < 4.78 is 3.63. The summed E-state index contributed by atoms with van der Waals surface area (Å²) in [6, 6.07) is 8.59. The Morgan fingerprint density at radius 3 is 2.70 bits per heavy atom. The van der Waals surface area contributed by atoms with Crippen LogP contribution in [0.5, 0.6) is 0 Å². The predicted octanol–water partition coefficient (Wildman–Crippen LogP) is 4.74. The Labute approximate surface area is 130 Å². The molecule has 0 amide bonds. The number of halogens is 1. The van der Waals surface area contributed by atoms with Crippen molar-refractivity contribution < 1.29 is 0 Å². The van der Waals surface area contributed by atoms with Gasteiger partial charge in [-0.1, -0.05) is 32.0 Å². The SMILES string of the molecule is Cc1c(Br)c2ccccc2n1CCNCCCC(C)C. The Morgan fingerprint density at radius 1 is 1.20 bits per heavy atom. The third-order valence-electron chi connectivity index (χ3n) is 3.80. The number of rotatable bonds is 7. The quantitative estimate of drug-likeness (QED) is 0.722. The van der Waals surface area contributed by atoms with Gasteiger partial charge in [-0.15, -0.1) is 0 Å². The van der Waals surface area contributed by atoms with Crippen molar-refractivity contribution in [2.75, 3.05) is 13.1 Å². The van der Waals surface area contributed by atoms with E-state index >= 15 is 0 Å². The number of fused-ring (bicyclic) bond motifs is 1. The zero-order valence-corrected chi connectivity index (χ0v) is 14.3. The number of nitrogens with zero attached hydrogens (tertiary/aromatic N) is 1. The van der Waals surface area contributed by atoms with E-state index in [1.807, 2.05) is 0 Å². The molecule has 0 aliphatic heterocycles. The number of nitrogens with one attached hydrogen (secondary N) is 1. The van der Waals surface area contributed by atoms with Gasteiger partial charge in [0.15, 0.2) is 0 Å². The first-order valence-corrected chi connectivity index (χ1v) is 8.34. The highest BCUT2D eigenvalue weighted by Crippen LogP contribution is 2.30. The summed E-state index contributed by atoms with van der Waals surface area (Å²) in [7, 11) is 0. The minimum Gasteiger partial charge on any atom is -0.342 e. The molecular weight excluding hydrogens is 312 g/mol. The molecule has 0 spiro atoms. The van der Waals surface area contributed by atoms with Gasteiger partial charge < -0.3 is 9.88 Å². The fraction of sp³-hybridized carbons (Fsp3) is 0.529. The lowest BCUT2D eigenvalue weighted by Gasteiger charge is -2.10. The predicted molar refractivity (Wildman–Crippen MR) is 91.3 cm³/mol. The number of benzene rings is 1. The molecule has 0 bridgehead atoms. The number of aromatic nitrogens is 1. The van der Waals surface area contributed by atoms with E-state index in [0.717, 1.165) is 25.6 Å². The van der Waals surface area contributed by atoms with Crippen LogP contribution in [-0.2, 0) is 6.54 Å². The molecule has 2 rings (SSSR count). The third kappa shape index (κ3) is 3.64. The smallest absolute Gasteiger partial charge is 0.0494 e. The highest BCUT2D eigenvalue weighted by Gasteiger charge is 2.10. The summed E-state index contributed by atoms with van der Waals surface area (Å²) >= 11 is 3.71. The van der Waals surface area contributed by atoms with Gasteiger partial charge in [0.2, 0.25) is 0 Å². The van der Waals surface area contributed by atoms with E-state index in [0.29, 0.717) is 0 Å². The number of hydrogen-bond acceptors (Lipinski definition) is 1. The minimum absolute atomic E-state index is 0.809. The monoisotopic (exact) mass is 336 g/mol. The van der Waals surface area contributed by atoms with Gasteiger partial charge in [0.25, 0.3) is 0 Å². The molecule has 1 N–H and O–H groups in total. The Hall–Kier alpha value is -0.800. The lowest BCUT2D eigenvalue weighted by atomic mass is 10.1. The Kier molecular flexibility index (Phi) is 5.67. The second-order valence-electron chi connectivity index (χ2n) is 5.85. The maximum Gasteiger partial charge on any atom is 0.0494 e. The molecular formula is C17H25BrN2. The summed E-state index contributed by atoms with van der Waals surface area (Å²) in [4.78, 5) is 0. The van der Waals surface area contributed by atoms with Crippen molar-refractivity contribution in [1.29, 1.82) is 0 Å². The molecule has 0 saturated heterocycles. The van der Waals surface area contributed by atoms with Crippen molar-refractivity contribution >= 4 is 26.8 Å². The molecule has 3 heteroatoms. The first-order valence-electron chi connectivity index (χ1n) is 7.55. The molecule has 0 unspecified atom stereocenters. The van der Waals surface area contributed by atoms with E-state index in [2.05, 4.69) is 70.9 Å². The van der Waals surface area contributed by atoms with E-state index in [9.17, 15) is 0 Å². The maximum absolute atomic E-state index is 3.71. The maximum atomic E-state index is 3.71. The molecule has 0 fully saturated rings. The first-order chi connectivity index (χ1) is 9.61. The standard InChI is InChI=1S/C17H25BrN2/c1-13(2)7-6-10-19-11-12-20-14(3)17(18)15-8-4-5-9-16(15)20/h4-5,8-9,13,19H,6-7,10-12H2,1-3H3. The minimum atomic E-state index is 0.809. The van der Waals surface area contributed by atoms with Crippen LogP contribution in [0.25, 0.3) is 10.9 Å². The van der Waals surface area contributed by atoms with Crippen LogP contribution in [-0.4, -0.2) is 17.7 Å². The van der Waals surface area contributed by atoms with E-state index in [1.54, 1.807) is 0 Å². The van der Waals surface area contributed by atoms with Gasteiger partial charge in [-0.25, -0.2) is 0 Å². The fourth-order valence-electron chi connectivity index (χ4n) is 2.63. The van der Waals surface area contributed by atoms with Gasteiger partial charge in [0.1, 0.15) is 0 Å². The summed E-state index contributed by atoms with van der Waals surface area (Å²) in [6.45, 7) is 9.93. The van der Waals surface area contributed by atoms with Crippen LogP contribution in [0.15, 0.2) is 28.7 Å². The summed E-state index contributed by atoms with van der Waals surface area (Å²) in [5.41, 5.74) is 2.64. The summed E-state index contributed by atoms with van der Waals surface area (Å²) in [5.74, 6) is 0.809. The van der Waals surface area contributed by atoms with Crippen molar-refractivity contribution in [2.45, 2.75) is 40.2 Å². The third-order valence-corrected chi connectivity index (χ3v) is 4.80. The topological polar surface area (TPSA) is 17.0 Å². The van der Waals surface area contributed by atoms with Crippen LogP contribution >= 0.6 is 15.9 Å². The van der Waals surface area contributed by atoms with Gasteiger partial charge >= 0.3 is 0 Å². The van der Waals surface area contributed by atoms with Crippen LogP contribution in [0.3, 0.4) is 0 Å². The zero-order valence-electron chi connectivity index (χ0n) is 12.7. The fourth-order valence-corrected chi connectivity index (χ4v) is 3.18. The number of para-hydroxylation sites is 1.